The van der Waals surface area contributed by atoms with Crippen LogP contribution in [0.4, 0.5) is 0 Å². The zero-order chi connectivity index (χ0) is 14.7. The molecule has 0 saturated carbocycles. The average molecular weight is 282 g/mol. The third-order valence-electron chi connectivity index (χ3n) is 3.70. The van der Waals surface area contributed by atoms with Gasteiger partial charge in [0.05, 0.1) is 13.2 Å². The number of nitrogen functional groups attached to an aromatic ring is 1. The maximum absolute atomic E-state index is 7.37. The van der Waals surface area contributed by atoms with Gasteiger partial charge in [-0.3, -0.25) is 5.41 Å². The number of amidine groups is 1. The van der Waals surface area contributed by atoms with Crippen molar-refractivity contribution in [2.75, 3.05) is 13.2 Å². The van der Waals surface area contributed by atoms with Gasteiger partial charge in [-0.25, -0.2) is 0 Å². The van der Waals surface area contributed by atoms with Crippen LogP contribution in [0, 0.1) is 5.41 Å². The van der Waals surface area contributed by atoms with Crippen LogP contribution < -0.4 is 15.2 Å². The lowest BCUT2D eigenvalue weighted by atomic mass is 9.94. The van der Waals surface area contributed by atoms with E-state index in [9.17, 15) is 0 Å². The quantitative estimate of drug-likeness (QED) is 0.669. The maximum Gasteiger partial charge on any atom is 0.122 e. The van der Waals surface area contributed by atoms with E-state index in [1.165, 1.54) is 5.56 Å². The Morgan fingerprint density at radius 3 is 2.71 bits per heavy atom. The summed E-state index contributed by atoms with van der Waals surface area (Å²) in [6.07, 6.45) is 0.961. The molecule has 0 spiro atoms. The lowest BCUT2D eigenvalue weighted by Gasteiger charge is -2.25. The van der Waals surface area contributed by atoms with Crippen LogP contribution in [-0.2, 0) is 0 Å². The van der Waals surface area contributed by atoms with E-state index in [2.05, 4.69) is 6.07 Å². The Morgan fingerprint density at radius 2 is 1.95 bits per heavy atom. The van der Waals surface area contributed by atoms with Gasteiger partial charge < -0.3 is 15.2 Å². The van der Waals surface area contributed by atoms with Crippen molar-refractivity contribution in [2.24, 2.45) is 5.73 Å². The molecular weight excluding hydrogens is 264 g/mol. The van der Waals surface area contributed by atoms with Crippen molar-refractivity contribution < 1.29 is 9.47 Å². The minimum Gasteiger partial charge on any atom is -0.493 e. The Labute approximate surface area is 124 Å². The van der Waals surface area contributed by atoms with Gasteiger partial charge in [0.2, 0.25) is 0 Å². The van der Waals surface area contributed by atoms with Crippen molar-refractivity contribution in [1.29, 1.82) is 5.41 Å². The first-order valence-corrected chi connectivity index (χ1v) is 7.03. The largest absolute Gasteiger partial charge is 0.493 e. The molecule has 4 heteroatoms. The fourth-order valence-corrected chi connectivity index (χ4v) is 2.52. The molecule has 0 amide bonds. The van der Waals surface area contributed by atoms with Crippen LogP contribution >= 0.6 is 0 Å². The molecule has 0 radical (unpaired) electrons. The normalized spacial score (nSPS) is 16.7. The Bertz CT molecular complexity index is 637. The Hall–Kier alpha value is -2.49. The highest BCUT2D eigenvalue weighted by Gasteiger charge is 2.21. The number of ether oxygens (including phenoxy) is 2. The third kappa shape index (κ3) is 2.99. The van der Waals surface area contributed by atoms with E-state index in [4.69, 9.17) is 20.6 Å². The van der Waals surface area contributed by atoms with Crippen molar-refractivity contribution in [3.05, 3.63) is 59.7 Å². The van der Waals surface area contributed by atoms with Crippen molar-refractivity contribution in [2.45, 2.75) is 12.3 Å². The minimum absolute atomic E-state index is 0.0694. The molecule has 2 aromatic carbocycles. The number of hydrogen-bond donors (Lipinski definition) is 2. The summed E-state index contributed by atoms with van der Waals surface area (Å²) < 4.78 is 11.5. The van der Waals surface area contributed by atoms with Gasteiger partial charge in [-0.15, -0.1) is 0 Å². The summed E-state index contributed by atoms with van der Waals surface area (Å²) in [5, 5.41) is 7.37. The number of benzene rings is 2. The summed E-state index contributed by atoms with van der Waals surface area (Å²) in [5.41, 5.74) is 7.36. The molecule has 2 aromatic rings. The molecule has 3 N–H and O–H groups in total. The molecule has 4 nitrogen and oxygen atoms in total. The van der Waals surface area contributed by atoms with Gasteiger partial charge in [-0.2, -0.15) is 0 Å². The fraction of sp³-hybridized carbons (Fsp3) is 0.235. The van der Waals surface area contributed by atoms with E-state index in [-0.39, 0.29) is 5.84 Å². The highest BCUT2D eigenvalue weighted by molar-refractivity contribution is 5.94. The molecule has 0 saturated heterocycles. The van der Waals surface area contributed by atoms with Crippen LogP contribution in [0.5, 0.6) is 11.5 Å². The van der Waals surface area contributed by atoms with Crippen molar-refractivity contribution in [3.63, 3.8) is 0 Å². The van der Waals surface area contributed by atoms with Crippen LogP contribution in [0.15, 0.2) is 48.5 Å². The Kier molecular flexibility index (Phi) is 3.77. The zero-order valence-electron chi connectivity index (χ0n) is 11.7. The molecule has 1 atom stereocenters. The topological polar surface area (TPSA) is 68.3 Å². The van der Waals surface area contributed by atoms with Gasteiger partial charge in [0, 0.05) is 17.0 Å². The molecule has 0 aromatic heterocycles. The third-order valence-corrected chi connectivity index (χ3v) is 3.70. The first kappa shape index (κ1) is 13.5. The van der Waals surface area contributed by atoms with Gasteiger partial charge in [0.15, 0.2) is 0 Å². The SMILES string of the molecule is N=C(N)c1ccc(OCC2CCOc3ccccc32)cc1. The van der Waals surface area contributed by atoms with Crippen LogP contribution in [0.2, 0.25) is 0 Å². The van der Waals surface area contributed by atoms with E-state index < -0.39 is 0 Å². The summed E-state index contributed by atoms with van der Waals surface area (Å²) in [6, 6.07) is 15.4. The van der Waals surface area contributed by atoms with Gasteiger partial charge in [-0.1, -0.05) is 18.2 Å². The molecule has 0 fully saturated rings. The minimum atomic E-state index is 0.0694. The second-order valence-corrected chi connectivity index (χ2v) is 5.12. The molecule has 21 heavy (non-hydrogen) atoms. The molecule has 1 heterocycles. The molecule has 1 aliphatic rings. The summed E-state index contributed by atoms with van der Waals surface area (Å²) >= 11 is 0. The van der Waals surface area contributed by atoms with Gasteiger partial charge >= 0.3 is 0 Å². The molecule has 0 aliphatic carbocycles. The Balaban J connectivity index is 1.67. The first-order valence-electron chi connectivity index (χ1n) is 7.03. The van der Waals surface area contributed by atoms with Crippen molar-refractivity contribution >= 4 is 5.84 Å². The molecule has 108 valence electrons. The van der Waals surface area contributed by atoms with E-state index in [0.717, 1.165) is 24.5 Å². The van der Waals surface area contributed by atoms with E-state index in [0.29, 0.717) is 18.1 Å². The predicted molar refractivity (Wildman–Crippen MR) is 82.2 cm³/mol. The summed E-state index contributed by atoms with van der Waals surface area (Å²) in [4.78, 5) is 0. The van der Waals surface area contributed by atoms with E-state index >= 15 is 0 Å². The number of nitrogens with one attached hydrogen (secondary N) is 1. The lowest BCUT2D eigenvalue weighted by molar-refractivity contribution is 0.217. The maximum atomic E-state index is 7.37. The molecule has 0 bridgehead atoms. The van der Waals surface area contributed by atoms with Crippen LogP contribution in [0.1, 0.15) is 23.5 Å². The predicted octanol–water partition coefficient (Wildman–Crippen LogP) is 2.92. The summed E-state index contributed by atoms with van der Waals surface area (Å²) in [7, 11) is 0. The first-order chi connectivity index (χ1) is 10.2. The number of para-hydroxylation sites is 1. The zero-order valence-corrected chi connectivity index (χ0v) is 11.7. The van der Waals surface area contributed by atoms with E-state index in [1.54, 1.807) is 12.1 Å². The molecule has 1 aliphatic heterocycles. The highest BCUT2D eigenvalue weighted by Crippen LogP contribution is 2.33. The number of rotatable bonds is 4. The fourth-order valence-electron chi connectivity index (χ4n) is 2.52. The summed E-state index contributed by atoms with van der Waals surface area (Å²) in [5.74, 6) is 2.18. The number of nitrogens with two attached hydrogens (primary N) is 1. The second-order valence-electron chi connectivity index (χ2n) is 5.12. The smallest absolute Gasteiger partial charge is 0.122 e. The van der Waals surface area contributed by atoms with Gasteiger partial charge in [0.1, 0.15) is 17.3 Å². The molecule has 3 rings (SSSR count). The number of hydrogen-bond acceptors (Lipinski definition) is 3. The van der Waals surface area contributed by atoms with Gasteiger partial charge in [-0.05, 0) is 36.8 Å². The van der Waals surface area contributed by atoms with Crippen LogP contribution in [0.3, 0.4) is 0 Å². The average Bonchev–Trinajstić information content (AvgIpc) is 2.53. The lowest BCUT2D eigenvalue weighted by Crippen LogP contribution is -2.19. The van der Waals surface area contributed by atoms with Crippen LogP contribution in [0.25, 0.3) is 0 Å². The van der Waals surface area contributed by atoms with Gasteiger partial charge in [0.25, 0.3) is 0 Å². The van der Waals surface area contributed by atoms with Crippen molar-refractivity contribution in [3.8, 4) is 11.5 Å². The van der Waals surface area contributed by atoms with Crippen molar-refractivity contribution in [1.82, 2.24) is 0 Å². The Morgan fingerprint density at radius 1 is 1.19 bits per heavy atom. The molecular formula is C17H18N2O2. The monoisotopic (exact) mass is 282 g/mol. The standard InChI is InChI=1S/C17H18N2O2/c18-17(19)12-5-7-14(8-6-12)21-11-13-9-10-20-16-4-2-1-3-15(13)16/h1-8,13H,9-11H2,(H3,18,19). The second kappa shape index (κ2) is 5.87. The summed E-state index contributed by atoms with van der Waals surface area (Å²) in [6.45, 7) is 1.36. The highest BCUT2D eigenvalue weighted by atomic mass is 16.5. The number of fused-ring (bicyclic) bond motifs is 1. The van der Waals surface area contributed by atoms with E-state index in [1.807, 2.05) is 30.3 Å². The van der Waals surface area contributed by atoms with Crippen LogP contribution in [-0.4, -0.2) is 19.0 Å². The molecule has 1 unspecified atom stereocenters.